The van der Waals surface area contributed by atoms with Crippen LogP contribution in [0, 0.1) is 0 Å². The Morgan fingerprint density at radius 2 is 2.08 bits per heavy atom. The van der Waals surface area contributed by atoms with E-state index in [-0.39, 0.29) is 8.46 Å². The first kappa shape index (κ1) is 9.15. The second-order valence-electron chi connectivity index (χ2n) is 2.45. The molecular formula is C10H11OP. The zero-order chi connectivity index (χ0) is 8.81. The maximum atomic E-state index is 10.7. The van der Waals surface area contributed by atoms with Crippen molar-refractivity contribution < 1.29 is 4.57 Å². The van der Waals surface area contributed by atoms with Crippen LogP contribution in [0.5, 0.6) is 0 Å². The highest BCUT2D eigenvalue weighted by molar-refractivity contribution is 7.37. The Labute approximate surface area is 74.3 Å². The van der Waals surface area contributed by atoms with Crippen LogP contribution in [-0.2, 0) is 4.57 Å². The van der Waals surface area contributed by atoms with Gasteiger partial charge in [0.2, 0.25) is 0 Å². The number of allylic oxidation sites excluding steroid dienone is 1. The monoisotopic (exact) mass is 178 g/mol. The fraction of sp³-hybridized carbons (Fsp3) is 0.200. The van der Waals surface area contributed by atoms with E-state index in [9.17, 15) is 4.57 Å². The molecule has 0 saturated carbocycles. The fourth-order valence-electron chi connectivity index (χ4n) is 1.01. The van der Waals surface area contributed by atoms with Crippen LogP contribution in [0.1, 0.15) is 18.9 Å². The van der Waals surface area contributed by atoms with Gasteiger partial charge in [-0.2, -0.15) is 0 Å². The first-order chi connectivity index (χ1) is 5.88. The molecule has 0 N–H and O–H groups in total. The van der Waals surface area contributed by atoms with E-state index in [1.807, 2.05) is 43.3 Å². The summed E-state index contributed by atoms with van der Waals surface area (Å²) in [4.78, 5) is 0. The van der Waals surface area contributed by atoms with Crippen LogP contribution in [0.3, 0.4) is 0 Å². The highest BCUT2D eigenvalue weighted by atomic mass is 31.1. The van der Waals surface area contributed by atoms with Crippen LogP contribution in [-0.4, -0.2) is 0 Å². The minimum absolute atomic E-state index is 0.101. The van der Waals surface area contributed by atoms with Gasteiger partial charge in [-0.3, -0.25) is 4.57 Å². The van der Waals surface area contributed by atoms with Crippen molar-refractivity contribution in [2.45, 2.75) is 13.3 Å². The highest BCUT2D eigenvalue weighted by Gasteiger charge is 1.97. The third-order valence-electron chi connectivity index (χ3n) is 1.57. The Morgan fingerprint density at radius 1 is 1.42 bits per heavy atom. The Balaban J connectivity index is 2.96. The molecule has 2 heteroatoms. The molecule has 0 fully saturated rings. The molecule has 0 amide bonds. The Morgan fingerprint density at radius 3 is 2.58 bits per heavy atom. The second kappa shape index (κ2) is 4.84. The molecule has 0 unspecified atom stereocenters. The van der Waals surface area contributed by atoms with E-state index in [4.69, 9.17) is 0 Å². The summed E-state index contributed by atoms with van der Waals surface area (Å²) in [5, 5.41) is 0.873. The number of rotatable bonds is 3. The maximum absolute atomic E-state index is 10.7. The molecule has 0 radical (unpaired) electrons. The molecule has 1 nitrogen and oxygen atoms in total. The summed E-state index contributed by atoms with van der Waals surface area (Å²) in [5.74, 6) is 0. The molecule has 1 aromatic rings. The summed E-state index contributed by atoms with van der Waals surface area (Å²) in [6.07, 6.45) is 2.89. The van der Waals surface area contributed by atoms with E-state index in [2.05, 4.69) is 0 Å². The maximum Gasteiger partial charge on any atom is 0.192 e. The van der Waals surface area contributed by atoms with Crippen LogP contribution in [0.2, 0.25) is 0 Å². The minimum Gasteiger partial charge on any atom is -0.269 e. The highest BCUT2D eigenvalue weighted by Crippen LogP contribution is 2.25. The van der Waals surface area contributed by atoms with E-state index in [0.29, 0.717) is 0 Å². The average molecular weight is 178 g/mol. The first-order valence-corrected chi connectivity index (χ1v) is 4.78. The number of hydrogen-bond donors (Lipinski definition) is 0. The lowest BCUT2D eigenvalue weighted by molar-refractivity contribution is 0.603. The summed E-state index contributed by atoms with van der Waals surface area (Å²) < 4.78 is 10.7. The van der Waals surface area contributed by atoms with E-state index in [1.54, 1.807) is 0 Å². The summed E-state index contributed by atoms with van der Waals surface area (Å²) in [7, 11) is 0.101. The van der Waals surface area contributed by atoms with Crippen molar-refractivity contribution in [1.29, 1.82) is 0 Å². The minimum atomic E-state index is 0.101. The molecule has 0 aliphatic carbocycles. The summed E-state index contributed by atoms with van der Waals surface area (Å²) in [5.41, 5.74) is 1.04. The SMILES string of the molecule is CCC=C(P=O)c1ccccc1. The van der Waals surface area contributed by atoms with Crippen molar-refractivity contribution in [3.05, 3.63) is 42.0 Å². The largest absolute Gasteiger partial charge is 0.269 e. The summed E-state index contributed by atoms with van der Waals surface area (Å²) in [6.45, 7) is 2.04. The van der Waals surface area contributed by atoms with Crippen LogP contribution in [0.25, 0.3) is 5.31 Å². The molecule has 0 heterocycles. The average Bonchev–Trinajstić information content (AvgIpc) is 2.15. The third-order valence-corrected chi connectivity index (χ3v) is 2.20. The molecule has 12 heavy (non-hydrogen) atoms. The van der Waals surface area contributed by atoms with Gasteiger partial charge in [-0.1, -0.05) is 43.3 Å². The van der Waals surface area contributed by atoms with Crippen LogP contribution >= 0.6 is 8.46 Å². The predicted octanol–water partition coefficient (Wildman–Crippen LogP) is 3.73. The molecule has 0 atom stereocenters. The van der Waals surface area contributed by atoms with Gasteiger partial charge >= 0.3 is 0 Å². The molecule has 1 aromatic carbocycles. The molecule has 1 rings (SSSR count). The van der Waals surface area contributed by atoms with E-state index in [0.717, 1.165) is 17.3 Å². The van der Waals surface area contributed by atoms with Crippen LogP contribution in [0.4, 0.5) is 0 Å². The summed E-state index contributed by atoms with van der Waals surface area (Å²) >= 11 is 0. The van der Waals surface area contributed by atoms with Crippen LogP contribution < -0.4 is 0 Å². The lowest BCUT2D eigenvalue weighted by Crippen LogP contribution is -1.74. The van der Waals surface area contributed by atoms with Crippen molar-refractivity contribution in [1.82, 2.24) is 0 Å². The molecule has 0 saturated heterocycles. The van der Waals surface area contributed by atoms with Gasteiger partial charge in [0.05, 0.1) is 0 Å². The van der Waals surface area contributed by atoms with Crippen LogP contribution in [0.15, 0.2) is 36.4 Å². The Hall–Kier alpha value is -0.940. The van der Waals surface area contributed by atoms with Gasteiger partial charge < -0.3 is 0 Å². The van der Waals surface area contributed by atoms with Gasteiger partial charge in [-0.05, 0) is 12.0 Å². The van der Waals surface area contributed by atoms with Crippen molar-refractivity contribution in [3.8, 4) is 0 Å². The van der Waals surface area contributed by atoms with E-state index >= 15 is 0 Å². The Kier molecular flexibility index (Phi) is 3.69. The standard InChI is InChI=1S/C10H11OP/c1-2-6-10(12-11)9-7-4-3-5-8-9/h3-8H,2H2,1H3. The molecule has 62 valence electrons. The van der Waals surface area contributed by atoms with Crippen molar-refractivity contribution in [3.63, 3.8) is 0 Å². The van der Waals surface area contributed by atoms with Crippen molar-refractivity contribution in [2.75, 3.05) is 0 Å². The third kappa shape index (κ3) is 2.28. The summed E-state index contributed by atoms with van der Waals surface area (Å²) in [6, 6.07) is 9.78. The lowest BCUT2D eigenvalue weighted by Gasteiger charge is -1.96. The molecule has 0 aromatic heterocycles. The van der Waals surface area contributed by atoms with Crippen molar-refractivity contribution in [2.24, 2.45) is 0 Å². The predicted molar refractivity (Wildman–Crippen MR) is 52.3 cm³/mol. The number of hydrogen-bond acceptors (Lipinski definition) is 1. The molecule has 0 aliphatic rings. The first-order valence-electron chi connectivity index (χ1n) is 3.97. The van der Waals surface area contributed by atoms with Gasteiger partial charge in [-0.15, -0.1) is 0 Å². The van der Waals surface area contributed by atoms with Gasteiger partial charge in [0, 0.05) is 5.31 Å². The van der Waals surface area contributed by atoms with Gasteiger partial charge in [0.25, 0.3) is 0 Å². The Bertz CT molecular complexity index is 277. The second-order valence-corrected chi connectivity index (χ2v) is 3.12. The van der Waals surface area contributed by atoms with Gasteiger partial charge in [-0.25, -0.2) is 0 Å². The number of benzene rings is 1. The topological polar surface area (TPSA) is 17.1 Å². The molecular weight excluding hydrogens is 167 g/mol. The molecule has 0 aliphatic heterocycles. The van der Waals surface area contributed by atoms with E-state index < -0.39 is 0 Å². The van der Waals surface area contributed by atoms with Gasteiger partial charge in [0.1, 0.15) is 0 Å². The van der Waals surface area contributed by atoms with Gasteiger partial charge in [0.15, 0.2) is 8.46 Å². The quantitative estimate of drug-likeness (QED) is 0.644. The zero-order valence-electron chi connectivity index (χ0n) is 7.03. The van der Waals surface area contributed by atoms with E-state index in [1.165, 1.54) is 0 Å². The molecule has 0 spiro atoms. The van der Waals surface area contributed by atoms with Crippen molar-refractivity contribution >= 4 is 13.8 Å². The zero-order valence-corrected chi connectivity index (χ0v) is 7.92. The molecule has 0 bridgehead atoms. The lowest BCUT2D eigenvalue weighted by atomic mass is 10.2. The smallest absolute Gasteiger partial charge is 0.192 e. The normalized spacial score (nSPS) is 11.9. The fourth-order valence-corrected chi connectivity index (χ4v) is 1.52.